The van der Waals surface area contributed by atoms with E-state index in [1.54, 1.807) is 6.07 Å². The number of carbonyl (C=O) groups excluding carboxylic acids is 2. The molecular formula is C13H8O3. The van der Waals surface area contributed by atoms with Crippen LogP contribution in [0.1, 0.15) is 16.8 Å². The molecule has 0 saturated heterocycles. The Kier molecular flexibility index (Phi) is 1.80. The number of rotatable bonds is 0. The zero-order valence-electron chi connectivity index (χ0n) is 8.40. The van der Waals surface area contributed by atoms with Crippen LogP contribution in [0, 0.1) is 0 Å². The van der Waals surface area contributed by atoms with Crippen molar-refractivity contribution in [2.24, 2.45) is 0 Å². The van der Waals surface area contributed by atoms with Gasteiger partial charge < -0.3 is 4.74 Å². The minimum Gasteiger partial charge on any atom is -0.425 e. The van der Waals surface area contributed by atoms with Gasteiger partial charge in [-0.2, -0.15) is 0 Å². The normalized spacial score (nSPS) is 14.8. The van der Waals surface area contributed by atoms with Crippen molar-refractivity contribution >= 4 is 22.5 Å². The Morgan fingerprint density at radius 1 is 1.00 bits per heavy atom. The molecule has 1 aliphatic rings. The molecule has 3 nitrogen and oxygen atoms in total. The van der Waals surface area contributed by atoms with E-state index in [1.165, 1.54) is 0 Å². The number of hydrogen-bond acceptors (Lipinski definition) is 3. The average Bonchev–Trinajstić information content (AvgIpc) is 2.28. The molecule has 2 aromatic rings. The van der Waals surface area contributed by atoms with E-state index in [0.29, 0.717) is 11.3 Å². The van der Waals surface area contributed by atoms with Gasteiger partial charge in [0.05, 0.1) is 5.56 Å². The van der Waals surface area contributed by atoms with Crippen LogP contribution in [0.25, 0.3) is 10.8 Å². The summed E-state index contributed by atoms with van der Waals surface area (Å²) in [6.45, 7) is 0. The van der Waals surface area contributed by atoms with Gasteiger partial charge in [-0.05, 0) is 16.8 Å². The monoisotopic (exact) mass is 212 g/mol. The first-order valence-electron chi connectivity index (χ1n) is 5.01. The number of fused-ring (bicyclic) bond motifs is 3. The molecule has 0 aliphatic carbocycles. The smallest absolute Gasteiger partial charge is 0.319 e. The van der Waals surface area contributed by atoms with E-state index >= 15 is 0 Å². The number of ether oxygens (including phenoxy) is 1. The van der Waals surface area contributed by atoms with E-state index in [4.69, 9.17) is 4.74 Å². The van der Waals surface area contributed by atoms with Gasteiger partial charge in [-0.3, -0.25) is 9.59 Å². The van der Waals surface area contributed by atoms with Crippen LogP contribution >= 0.6 is 0 Å². The summed E-state index contributed by atoms with van der Waals surface area (Å²) in [7, 11) is 0. The van der Waals surface area contributed by atoms with Crippen LogP contribution < -0.4 is 4.74 Å². The van der Waals surface area contributed by atoms with Crippen molar-refractivity contribution in [2.45, 2.75) is 6.42 Å². The first-order valence-corrected chi connectivity index (χ1v) is 5.01. The lowest BCUT2D eigenvalue weighted by atomic mass is 9.97. The first-order chi connectivity index (χ1) is 7.75. The van der Waals surface area contributed by atoms with Gasteiger partial charge in [0.25, 0.3) is 0 Å². The van der Waals surface area contributed by atoms with Gasteiger partial charge in [0.2, 0.25) is 0 Å². The Morgan fingerprint density at radius 3 is 2.69 bits per heavy atom. The van der Waals surface area contributed by atoms with Crippen LogP contribution in [0.3, 0.4) is 0 Å². The van der Waals surface area contributed by atoms with Gasteiger partial charge >= 0.3 is 5.97 Å². The van der Waals surface area contributed by atoms with Gasteiger partial charge in [-0.15, -0.1) is 0 Å². The minimum atomic E-state index is -0.479. The second-order valence-electron chi connectivity index (χ2n) is 3.73. The summed E-state index contributed by atoms with van der Waals surface area (Å²) < 4.78 is 5.05. The molecule has 1 heterocycles. The molecule has 1 aliphatic heterocycles. The Morgan fingerprint density at radius 2 is 1.81 bits per heavy atom. The number of ketones is 1. The molecule has 16 heavy (non-hydrogen) atoms. The number of hydrogen-bond donors (Lipinski definition) is 0. The van der Waals surface area contributed by atoms with Gasteiger partial charge in [-0.25, -0.2) is 0 Å². The second kappa shape index (κ2) is 3.17. The number of benzene rings is 2. The molecule has 3 heteroatoms. The molecule has 0 atom stereocenters. The highest BCUT2D eigenvalue weighted by Gasteiger charge is 2.26. The first kappa shape index (κ1) is 9.09. The summed E-state index contributed by atoms with van der Waals surface area (Å²) >= 11 is 0. The van der Waals surface area contributed by atoms with Crippen LogP contribution in [0.2, 0.25) is 0 Å². The van der Waals surface area contributed by atoms with Crippen molar-refractivity contribution in [3.05, 3.63) is 42.0 Å². The fraction of sp³-hybridized carbons (Fsp3) is 0.0769. The maximum atomic E-state index is 11.8. The zero-order valence-corrected chi connectivity index (χ0v) is 8.40. The van der Waals surface area contributed by atoms with Crippen LogP contribution in [-0.2, 0) is 4.79 Å². The maximum absolute atomic E-state index is 11.8. The van der Waals surface area contributed by atoms with Crippen molar-refractivity contribution < 1.29 is 14.3 Å². The van der Waals surface area contributed by atoms with Gasteiger partial charge in [-0.1, -0.05) is 30.3 Å². The summed E-state index contributed by atoms with van der Waals surface area (Å²) in [5.74, 6) is -0.268. The molecule has 0 bridgehead atoms. The number of carbonyl (C=O) groups is 2. The summed E-state index contributed by atoms with van der Waals surface area (Å²) in [5, 5.41) is 1.82. The number of Topliss-reactive ketones (excluding diaryl/α,β-unsaturated/α-hetero) is 1. The highest BCUT2D eigenvalue weighted by Crippen LogP contribution is 2.32. The van der Waals surface area contributed by atoms with E-state index in [2.05, 4.69) is 0 Å². The van der Waals surface area contributed by atoms with Crippen LogP contribution in [0.5, 0.6) is 5.75 Å². The summed E-state index contributed by atoms with van der Waals surface area (Å²) in [6.07, 6.45) is -0.166. The van der Waals surface area contributed by atoms with Gasteiger partial charge in [0, 0.05) is 0 Å². The van der Waals surface area contributed by atoms with Crippen LogP contribution in [0.15, 0.2) is 36.4 Å². The van der Waals surface area contributed by atoms with E-state index in [0.717, 1.165) is 10.8 Å². The molecule has 3 rings (SSSR count). The van der Waals surface area contributed by atoms with Crippen molar-refractivity contribution in [2.75, 3.05) is 0 Å². The molecule has 0 N–H and O–H groups in total. The van der Waals surface area contributed by atoms with Crippen LogP contribution in [-0.4, -0.2) is 11.8 Å². The largest absolute Gasteiger partial charge is 0.425 e. The third-order valence-corrected chi connectivity index (χ3v) is 2.70. The van der Waals surface area contributed by atoms with E-state index in [9.17, 15) is 9.59 Å². The zero-order chi connectivity index (χ0) is 11.1. The quantitative estimate of drug-likeness (QED) is 0.382. The lowest BCUT2D eigenvalue weighted by Crippen LogP contribution is -2.21. The lowest BCUT2D eigenvalue weighted by molar-refractivity contribution is -0.133. The molecule has 0 amide bonds. The molecule has 0 fully saturated rings. The molecular weight excluding hydrogens is 204 g/mol. The van der Waals surface area contributed by atoms with Crippen molar-refractivity contribution in [3.8, 4) is 5.75 Å². The standard InChI is InChI=1S/C13H8O3/c14-10-7-12(15)16-11-6-5-8-3-1-2-4-9(8)13(10)11/h1-6H,7H2. The molecule has 0 saturated carbocycles. The molecule has 78 valence electrons. The molecule has 0 radical (unpaired) electrons. The van der Waals surface area contributed by atoms with Crippen molar-refractivity contribution in [1.29, 1.82) is 0 Å². The van der Waals surface area contributed by atoms with Crippen molar-refractivity contribution in [3.63, 3.8) is 0 Å². The maximum Gasteiger partial charge on any atom is 0.319 e. The fourth-order valence-electron chi connectivity index (χ4n) is 2.00. The third-order valence-electron chi connectivity index (χ3n) is 2.70. The third kappa shape index (κ3) is 1.21. The highest BCUT2D eigenvalue weighted by atomic mass is 16.5. The lowest BCUT2D eigenvalue weighted by Gasteiger charge is -2.16. The van der Waals surface area contributed by atoms with E-state index in [-0.39, 0.29) is 12.2 Å². The predicted octanol–water partition coefficient (Wildman–Crippen LogP) is 2.33. The fourth-order valence-corrected chi connectivity index (χ4v) is 2.00. The Hall–Kier alpha value is -2.16. The summed E-state index contributed by atoms with van der Waals surface area (Å²) in [4.78, 5) is 22.9. The van der Waals surface area contributed by atoms with Gasteiger partial charge in [0.1, 0.15) is 12.2 Å². The molecule has 0 unspecified atom stereocenters. The predicted molar refractivity (Wildman–Crippen MR) is 58.5 cm³/mol. The second-order valence-corrected chi connectivity index (χ2v) is 3.73. The van der Waals surface area contributed by atoms with Crippen molar-refractivity contribution in [1.82, 2.24) is 0 Å². The summed E-state index contributed by atoms with van der Waals surface area (Å²) in [6, 6.07) is 11.1. The Labute approximate surface area is 91.6 Å². The minimum absolute atomic E-state index is 0.164. The van der Waals surface area contributed by atoms with E-state index < -0.39 is 5.97 Å². The summed E-state index contributed by atoms with van der Waals surface area (Å²) in [5.41, 5.74) is 0.526. The molecule has 0 aromatic heterocycles. The topological polar surface area (TPSA) is 43.4 Å². The van der Waals surface area contributed by atoms with Crippen LogP contribution in [0.4, 0.5) is 0 Å². The molecule has 2 aromatic carbocycles. The average molecular weight is 212 g/mol. The molecule has 0 spiro atoms. The Bertz CT molecular complexity index is 614. The van der Waals surface area contributed by atoms with E-state index in [1.807, 2.05) is 30.3 Å². The Balaban J connectivity index is 2.38. The SMILES string of the molecule is O=C1CC(=O)c2c(ccc3ccccc23)O1. The van der Waals surface area contributed by atoms with Gasteiger partial charge in [0.15, 0.2) is 5.78 Å². The highest BCUT2D eigenvalue weighted by molar-refractivity contribution is 6.17. The number of esters is 1.